The largest absolute Gasteiger partial charge is 0.494 e. The number of rotatable bonds is 2. The monoisotopic (exact) mass is 324 g/mol. The summed E-state index contributed by atoms with van der Waals surface area (Å²) in [6.45, 7) is 1.91. The van der Waals surface area contributed by atoms with Crippen LogP contribution in [0, 0.1) is 6.92 Å². The van der Waals surface area contributed by atoms with Gasteiger partial charge in [0.05, 0.1) is 23.3 Å². The van der Waals surface area contributed by atoms with E-state index in [1.807, 2.05) is 53.8 Å². The molecule has 0 radical (unpaired) electrons. The average molecular weight is 325 g/mol. The number of methoxy groups -OCH3 is 1. The summed E-state index contributed by atoms with van der Waals surface area (Å²) in [7, 11) is 1.64. The Kier molecular flexibility index (Phi) is 3.16. The third-order valence-electron chi connectivity index (χ3n) is 3.82. The van der Waals surface area contributed by atoms with Crippen molar-refractivity contribution in [3.63, 3.8) is 0 Å². The van der Waals surface area contributed by atoms with Gasteiger partial charge in [-0.25, -0.2) is 4.98 Å². The van der Waals surface area contributed by atoms with Gasteiger partial charge in [0.25, 0.3) is 0 Å². The molecule has 0 spiro atoms. The van der Waals surface area contributed by atoms with Crippen LogP contribution >= 0.6 is 11.6 Å². The second-order valence-corrected chi connectivity index (χ2v) is 5.59. The molecule has 0 saturated carbocycles. The fourth-order valence-corrected chi connectivity index (χ4v) is 2.97. The lowest BCUT2D eigenvalue weighted by Gasteiger charge is -2.10. The lowest BCUT2D eigenvalue weighted by molar-refractivity contribution is 0.418. The average Bonchev–Trinajstić information content (AvgIpc) is 3.01. The van der Waals surface area contributed by atoms with E-state index >= 15 is 0 Å². The number of benzene rings is 2. The molecule has 0 bridgehead atoms. The molecule has 0 aliphatic carbocycles. The molecule has 4 rings (SSSR count). The Bertz CT molecular complexity index is 1040. The van der Waals surface area contributed by atoms with E-state index in [0.717, 1.165) is 22.3 Å². The van der Waals surface area contributed by atoms with Crippen LogP contribution in [0.4, 0.5) is 0 Å². The van der Waals surface area contributed by atoms with Gasteiger partial charge in [-0.05, 0) is 31.2 Å². The molecular weight excluding hydrogens is 312 g/mol. The van der Waals surface area contributed by atoms with Gasteiger partial charge in [-0.15, -0.1) is 10.2 Å². The third kappa shape index (κ3) is 2.04. The summed E-state index contributed by atoms with van der Waals surface area (Å²) in [6, 6.07) is 13.4. The smallest absolute Gasteiger partial charge is 0.183 e. The van der Waals surface area contributed by atoms with Crippen molar-refractivity contribution in [1.29, 1.82) is 0 Å². The highest BCUT2D eigenvalue weighted by Crippen LogP contribution is 2.31. The maximum absolute atomic E-state index is 6.34. The zero-order valence-electron chi connectivity index (χ0n) is 12.6. The molecule has 0 saturated heterocycles. The summed E-state index contributed by atoms with van der Waals surface area (Å²) in [5.74, 6) is 1.40. The summed E-state index contributed by atoms with van der Waals surface area (Å²) in [6.07, 6.45) is 0. The SMILES string of the molecule is COc1cccc2c1nc(C)c1nnc(-c3ccccc3Cl)n12. The van der Waals surface area contributed by atoms with Gasteiger partial charge in [0.2, 0.25) is 0 Å². The molecule has 6 heteroatoms. The number of para-hydroxylation sites is 1. The lowest BCUT2D eigenvalue weighted by Crippen LogP contribution is -1.99. The zero-order chi connectivity index (χ0) is 16.0. The van der Waals surface area contributed by atoms with Crippen molar-refractivity contribution >= 4 is 28.3 Å². The van der Waals surface area contributed by atoms with Crippen molar-refractivity contribution in [1.82, 2.24) is 19.6 Å². The van der Waals surface area contributed by atoms with Crippen LogP contribution in [-0.4, -0.2) is 26.7 Å². The molecule has 5 nitrogen and oxygen atoms in total. The fourth-order valence-electron chi connectivity index (χ4n) is 2.75. The maximum atomic E-state index is 6.34. The van der Waals surface area contributed by atoms with Crippen molar-refractivity contribution in [2.75, 3.05) is 7.11 Å². The van der Waals surface area contributed by atoms with Gasteiger partial charge in [0, 0.05) is 5.56 Å². The molecule has 0 fully saturated rings. The number of aromatic nitrogens is 4. The van der Waals surface area contributed by atoms with E-state index in [-0.39, 0.29) is 0 Å². The van der Waals surface area contributed by atoms with E-state index in [4.69, 9.17) is 16.3 Å². The van der Waals surface area contributed by atoms with Gasteiger partial charge in [-0.2, -0.15) is 0 Å². The van der Waals surface area contributed by atoms with Crippen LogP contribution in [0.1, 0.15) is 5.69 Å². The standard InChI is InChI=1S/C17H13ClN4O/c1-10-16-20-21-17(11-6-3-4-7-12(11)18)22(16)13-8-5-9-14(23-2)15(13)19-10/h3-9H,1-2H3. The number of aryl methyl sites for hydroxylation is 1. The van der Waals surface area contributed by atoms with Gasteiger partial charge in [-0.1, -0.05) is 29.8 Å². The van der Waals surface area contributed by atoms with Gasteiger partial charge in [-0.3, -0.25) is 4.40 Å². The van der Waals surface area contributed by atoms with E-state index < -0.39 is 0 Å². The summed E-state index contributed by atoms with van der Waals surface area (Å²) < 4.78 is 7.41. The van der Waals surface area contributed by atoms with Crippen LogP contribution in [0.2, 0.25) is 5.02 Å². The first-order valence-electron chi connectivity index (χ1n) is 7.14. The number of halogens is 1. The van der Waals surface area contributed by atoms with E-state index in [0.29, 0.717) is 22.2 Å². The Morgan fingerprint density at radius 1 is 1.04 bits per heavy atom. The van der Waals surface area contributed by atoms with E-state index in [1.165, 1.54) is 0 Å². The van der Waals surface area contributed by atoms with E-state index in [9.17, 15) is 0 Å². The molecule has 0 aliphatic heterocycles. The summed E-state index contributed by atoms with van der Waals surface area (Å²) in [4.78, 5) is 4.62. The third-order valence-corrected chi connectivity index (χ3v) is 4.15. The highest BCUT2D eigenvalue weighted by atomic mass is 35.5. The zero-order valence-corrected chi connectivity index (χ0v) is 13.4. The molecular formula is C17H13ClN4O. The van der Waals surface area contributed by atoms with Crippen molar-refractivity contribution in [2.24, 2.45) is 0 Å². The van der Waals surface area contributed by atoms with Crippen LogP contribution in [0.3, 0.4) is 0 Å². The topological polar surface area (TPSA) is 52.3 Å². The Hall–Kier alpha value is -2.66. The van der Waals surface area contributed by atoms with Gasteiger partial charge in [0.1, 0.15) is 11.3 Å². The van der Waals surface area contributed by atoms with E-state index in [1.54, 1.807) is 7.11 Å². The normalized spacial score (nSPS) is 11.3. The van der Waals surface area contributed by atoms with Crippen LogP contribution in [0.5, 0.6) is 5.75 Å². The van der Waals surface area contributed by atoms with Crippen molar-refractivity contribution in [3.05, 3.63) is 53.2 Å². The molecule has 114 valence electrons. The quantitative estimate of drug-likeness (QED) is 0.561. The molecule has 0 N–H and O–H groups in total. The number of hydrogen-bond acceptors (Lipinski definition) is 4. The first-order chi connectivity index (χ1) is 11.2. The predicted octanol–water partition coefficient (Wildman–Crippen LogP) is 3.91. The second-order valence-electron chi connectivity index (χ2n) is 5.19. The Morgan fingerprint density at radius 2 is 1.87 bits per heavy atom. The molecule has 0 aliphatic rings. The first-order valence-corrected chi connectivity index (χ1v) is 7.52. The molecule has 4 aromatic rings. The van der Waals surface area contributed by atoms with Gasteiger partial charge in [0.15, 0.2) is 11.5 Å². The number of nitrogens with zero attached hydrogens (tertiary/aromatic N) is 4. The molecule has 0 atom stereocenters. The summed E-state index contributed by atoms with van der Waals surface area (Å²) >= 11 is 6.34. The van der Waals surface area contributed by atoms with Gasteiger partial charge < -0.3 is 4.74 Å². The molecule has 0 amide bonds. The minimum Gasteiger partial charge on any atom is -0.494 e. The minimum absolute atomic E-state index is 0.632. The van der Waals surface area contributed by atoms with Crippen LogP contribution in [0.25, 0.3) is 28.1 Å². The van der Waals surface area contributed by atoms with Crippen LogP contribution in [-0.2, 0) is 0 Å². The second kappa shape index (κ2) is 5.21. The molecule has 2 heterocycles. The molecule has 2 aromatic carbocycles. The highest BCUT2D eigenvalue weighted by Gasteiger charge is 2.17. The first kappa shape index (κ1) is 14.0. The summed E-state index contributed by atoms with van der Waals surface area (Å²) in [5.41, 5.74) is 3.97. The fraction of sp³-hybridized carbons (Fsp3) is 0.118. The van der Waals surface area contributed by atoms with Crippen molar-refractivity contribution in [3.8, 4) is 17.1 Å². The Balaban J connectivity index is 2.18. The number of fused-ring (bicyclic) bond motifs is 3. The molecule has 0 unspecified atom stereocenters. The van der Waals surface area contributed by atoms with Gasteiger partial charge >= 0.3 is 0 Å². The summed E-state index contributed by atoms with van der Waals surface area (Å²) in [5, 5.41) is 9.26. The van der Waals surface area contributed by atoms with E-state index in [2.05, 4.69) is 15.2 Å². The highest BCUT2D eigenvalue weighted by molar-refractivity contribution is 6.33. The number of hydrogen-bond donors (Lipinski definition) is 0. The van der Waals surface area contributed by atoms with Crippen LogP contribution in [0.15, 0.2) is 42.5 Å². The van der Waals surface area contributed by atoms with Crippen molar-refractivity contribution < 1.29 is 4.74 Å². The Morgan fingerprint density at radius 3 is 2.65 bits per heavy atom. The maximum Gasteiger partial charge on any atom is 0.183 e. The predicted molar refractivity (Wildman–Crippen MR) is 90.0 cm³/mol. The van der Waals surface area contributed by atoms with Crippen molar-refractivity contribution in [2.45, 2.75) is 6.92 Å². The van der Waals surface area contributed by atoms with Crippen LogP contribution < -0.4 is 4.74 Å². The minimum atomic E-state index is 0.632. The molecule has 23 heavy (non-hydrogen) atoms. The lowest BCUT2D eigenvalue weighted by atomic mass is 10.2. The number of ether oxygens (including phenoxy) is 1. The molecule has 2 aromatic heterocycles. The Labute approximate surface area is 137 Å².